The second-order valence-corrected chi connectivity index (χ2v) is 6.14. The minimum atomic E-state index is 0.0678. The molecule has 1 aliphatic heterocycles. The van der Waals surface area contributed by atoms with Gasteiger partial charge in [-0.2, -0.15) is 0 Å². The van der Waals surface area contributed by atoms with Crippen LogP contribution in [-0.4, -0.2) is 55.4 Å². The molecule has 0 spiro atoms. The maximum Gasteiger partial charge on any atom is 0.220 e. The third-order valence-corrected chi connectivity index (χ3v) is 4.64. The van der Waals surface area contributed by atoms with Crippen molar-refractivity contribution in [1.82, 2.24) is 10.2 Å². The minimum absolute atomic E-state index is 0.0678. The van der Waals surface area contributed by atoms with Gasteiger partial charge in [0.05, 0.1) is 19.3 Å². The van der Waals surface area contributed by atoms with Crippen LogP contribution in [0.5, 0.6) is 0 Å². The van der Waals surface area contributed by atoms with Crippen LogP contribution in [0.15, 0.2) is 17.5 Å². The molecule has 1 aliphatic rings. The highest BCUT2D eigenvalue weighted by molar-refractivity contribution is 7.10. The van der Waals surface area contributed by atoms with Gasteiger partial charge in [0, 0.05) is 37.5 Å². The topological polar surface area (TPSA) is 61.8 Å². The molecule has 0 aromatic carbocycles. The Labute approximate surface area is 129 Å². The van der Waals surface area contributed by atoms with Crippen LogP contribution in [0.2, 0.25) is 0 Å². The molecule has 2 N–H and O–H groups in total. The Morgan fingerprint density at radius 1 is 1.43 bits per heavy atom. The summed E-state index contributed by atoms with van der Waals surface area (Å²) in [4.78, 5) is 15.5. The highest BCUT2D eigenvalue weighted by atomic mass is 32.1. The number of hydrogen-bond acceptors (Lipinski definition) is 5. The zero-order valence-corrected chi connectivity index (χ0v) is 13.1. The van der Waals surface area contributed by atoms with Crippen LogP contribution < -0.4 is 5.32 Å². The number of carbonyl (C=O) groups excluding carboxylic acids is 1. The molecule has 2 rings (SSSR count). The summed E-state index contributed by atoms with van der Waals surface area (Å²) in [6, 6.07) is 4.41. The molecule has 1 aromatic heterocycles. The van der Waals surface area contributed by atoms with Crippen molar-refractivity contribution in [2.24, 2.45) is 0 Å². The molecule has 1 amide bonds. The maximum absolute atomic E-state index is 11.8. The first-order chi connectivity index (χ1) is 10.3. The molecule has 1 fully saturated rings. The molecule has 1 atom stereocenters. The van der Waals surface area contributed by atoms with E-state index in [1.165, 1.54) is 4.88 Å². The first-order valence-electron chi connectivity index (χ1n) is 7.54. The normalized spacial score (nSPS) is 17.6. The Morgan fingerprint density at radius 2 is 2.24 bits per heavy atom. The number of aliphatic hydroxyl groups excluding tert-OH is 1. The number of hydrogen-bond donors (Lipinski definition) is 2. The lowest BCUT2D eigenvalue weighted by Gasteiger charge is -2.34. The fourth-order valence-electron chi connectivity index (χ4n) is 2.48. The zero-order valence-electron chi connectivity index (χ0n) is 12.3. The molecule has 1 unspecified atom stereocenters. The maximum atomic E-state index is 11.8. The summed E-state index contributed by atoms with van der Waals surface area (Å²) in [6.07, 6.45) is 1.91. The number of ether oxygens (including phenoxy) is 1. The average Bonchev–Trinajstić information content (AvgIpc) is 3.03. The van der Waals surface area contributed by atoms with Gasteiger partial charge in [0.25, 0.3) is 0 Å². The standard InChI is InChI=1S/C15H24N2O3S/c18-8-2-1-5-15(19)16-12-13(14-4-3-11-21-14)17-6-9-20-10-7-17/h3-4,11,13,18H,1-2,5-10,12H2,(H,16,19). The monoisotopic (exact) mass is 312 g/mol. The van der Waals surface area contributed by atoms with Crippen molar-refractivity contribution in [3.05, 3.63) is 22.4 Å². The molecule has 0 saturated carbocycles. The van der Waals surface area contributed by atoms with Gasteiger partial charge in [-0.05, 0) is 24.3 Å². The van der Waals surface area contributed by atoms with E-state index in [9.17, 15) is 4.79 Å². The number of aliphatic hydroxyl groups is 1. The van der Waals surface area contributed by atoms with Gasteiger partial charge < -0.3 is 15.2 Å². The Hall–Kier alpha value is -0.950. The second-order valence-electron chi connectivity index (χ2n) is 5.16. The molecule has 1 aromatic rings. The summed E-state index contributed by atoms with van der Waals surface area (Å²) in [5.74, 6) is 0.0678. The molecule has 0 aliphatic carbocycles. The van der Waals surface area contributed by atoms with Crippen molar-refractivity contribution in [2.75, 3.05) is 39.5 Å². The molecule has 5 nitrogen and oxygen atoms in total. The number of carbonyl (C=O) groups is 1. The molecule has 0 radical (unpaired) electrons. The van der Waals surface area contributed by atoms with E-state index in [2.05, 4.69) is 27.7 Å². The van der Waals surface area contributed by atoms with E-state index in [-0.39, 0.29) is 18.6 Å². The summed E-state index contributed by atoms with van der Waals surface area (Å²) in [7, 11) is 0. The van der Waals surface area contributed by atoms with Gasteiger partial charge >= 0.3 is 0 Å². The van der Waals surface area contributed by atoms with E-state index in [0.29, 0.717) is 19.4 Å². The predicted octanol–water partition coefficient (Wildman–Crippen LogP) is 1.40. The van der Waals surface area contributed by atoms with E-state index in [4.69, 9.17) is 9.84 Å². The molecule has 118 valence electrons. The third-order valence-electron chi connectivity index (χ3n) is 3.66. The Morgan fingerprint density at radius 3 is 2.90 bits per heavy atom. The molecule has 0 bridgehead atoms. The molecular formula is C15H24N2O3S. The summed E-state index contributed by atoms with van der Waals surface area (Å²) in [5, 5.41) is 13.8. The van der Waals surface area contributed by atoms with Crippen LogP contribution in [0.3, 0.4) is 0 Å². The van der Waals surface area contributed by atoms with Crippen LogP contribution in [0.4, 0.5) is 0 Å². The van der Waals surface area contributed by atoms with Crippen LogP contribution in [-0.2, 0) is 9.53 Å². The number of nitrogens with zero attached hydrogens (tertiary/aromatic N) is 1. The molecule has 2 heterocycles. The lowest BCUT2D eigenvalue weighted by Crippen LogP contribution is -2.43. The summed E-state index contributed by atoms with van der Waals surface area (Å²) in [5.41, 5.74) is 0. The quantitative estimate of drug-likeness (QED) is 0.712. The largest absolute Gasteiger partial charge is 0.396 e. The summed E-state index contributed by atoms with van der Waals surface area (Å²) >= 11 is 1.73. The Balaban J connectivity index is 1.86. The molecule has 21 heavy (non-hydrogen) atoms. The van der Waals surface area contributed by atoms with E-state index in [1.54, 1.807) is 11.3 Å². The minimum Gasteiger partial charge on any atom is -0.396 e. The summed E-state index contributed by atoms with van der Waals surface area (Å²) < 4.78 is 5.41. The number of rotatable bonds is 8. The SMILES string of the molecule is O=C(CCCCO)NCC(c1cccs1)N1CCOCC1. The number of morpholine rings is 1. The van der Waals surface area contributed by atoms with Crippen LogP contribution in [0.1, 0.15) is 30.2 Å². The lowest BCUT2D eigenvalue weighted by atomic mass is 10.1. The Bertz CT molecular complexity index is 405. The number of unbranched alkanes of at least 4 members (excludes halogenated alkanes) is 1. The number of thiophene rings is 1. The molecular weight excluding hydrogens is 288 g/mol. The van der Waals surface area contributed by atoms with Crippen LogP contribution in [0, 0.1) is 0 Å². The van der Waals surface area contributed by atoms with Crippen LogP contribution >= 0.6 is 11.3 Å². The predicted molar refractivity (Wildman–Crippen MR) is 83.4 cm³/mol. The van der Waals surface area contributed by atoms with Gasteiger partial charge in [0.1, 0.15) is 0 Å². The molecule has 1 saturated heterocycles. The third kappa shape index (κ3) is 5.39. The van der Waals surface area contributed by atoms with E-state index >= 15 is 0 Å². The Kier molecular flexibility index (Phi) is 7.15. The summed E-state index contributed by atoms with van der Waals surface area (Å²) in [6.45, 7) is 4.11. The van der Waals surface area contributed by atoms with Gasteiger partial charge in [0.15, 0.2) is 0 Å². The first-order valence-corrected chi connectivity index (χ1v) is 8.42. The van der Waals surface area contributed by atoms with Gasteiger partial charge in [-0.15, -0.1) is 11.3 Å². The van der Waals surface area contributed by atoms with Crippen molar-refractivity contribution >= 4 is 17.2 Å². The second kappa shape index (κ2) is 9.15. The fraction of sp³-hybridized carbons (Fsp3) is 0.667. The van der Waals surface area contributed by atoms with Crippen molar-refractivity contribution in [2.45, 2.75) is 25.3 Å². The van der Waals surface area contributed by atoms with E-state index in [1.807, 2.05) is 0 Å². The molecule has 6 heteroatoms. The van der Waals surface area contributed by atoms with Gasteiger partial charge in [-0.1, -0.05) is 6.07 Å². The lowest BCUT2D eigenvalue weighted by molar-refractivity contribution is -0.121. The van der Waals surface area contributed by atoms with Gasteiger partial charge in [-0.25, -0.2) is 0 Å². The highest BCUT2D eigenvalue weighted by Crippen LogP contribution is 2.25. The average molecular weight is 312 g/mol. The van der Waals surface area contributed by atoms with Gasteiger partial charge in [0.2, 0.25) is 5.91 Å². The number of nitrogens with one attached hydrogen (secondary N) is 1. The van der Waals surface area contributed by atoms with E-state index in [0.717, 1.165) is 32.7 Å². The highest BCUT2D eigenvalue weighted by Gasteiger charge is 2.23. The van der Waals surface area contributed by atoms with Crippen molar-refractivity contribution in [3.63, 3.8) is 0 Å². The van der Waals surface area contributed by atoms with Crippen molar-refractivity contribution in [1.29, 1.82) is 0 Å². The smallest absolute Gasteiger partial charge is 0.220 e. The van der Waals surface area contributed by atoms with Crippen molar-refractivity contribution in [3.8, 4) is 0 Å². The zero-order chi connectivity index (χ0) is 14.9. The van der Waals surface area contributed by atoms with Gasteiger partial charge in [-0.3, -0.25) is 9.69 Å². The van der Waals surface area contributed by atoms with Crippen LogP contribution in [0.25, 0.3) is 0 Å². The fourth-order valence-corrected chi connectivity index (χ4v) is 3.34. The first kappa shape index (κ1) is 16.4. The van der Waals surface area contributed by atoms with Crippen molar-refractivity contribution < 1.29 is 14.6 Å². The number of amides is 1. The van der Waals surface area contributed by atoms with E-state index < -0.39 is 0 Å².